The normalized spacial score (nSPS) is 17.1. The standard InChI is InChI=1S/C23H25ClN4O2/c1-15-5-8-17(9-6-15)22-26-21(30-27-22)14-28-11-3-4-18(13-28)23(29)25-19-10-7-16(2)20(24)12-19/h5-10,12,18H,3-4,11,13-14H2,1-2H3,(H,25,29). The van der Waals surface area contributed by atoms with Gasteiger partial charge in [-0.2, -0.15) is 4.98 Å². The van der Waals surface area contributed by atoms with Crippen molar-refractivity contribution in [1.82, 2.24) is 15.0 Å². The lowest BCUT2D eigenvalue weighted by atomic mass is 9.97. The quantitative estimate of drug-likeness (QED) is 0.633. The van der Waals surface area contributed by atoms with Gasteiger partial charge in [-0.25, -0.2) is 0 Å². The van der Waals surface area contributed by atoms with E-state index in [1.807, 2.05) is 50.2 Å². The molecule has 1 amide bonds. The van der Waals surface area contributed by atoms with Crippen LogP contribution >= 0.6 is 11.6 Å². The van der Waals surface area contributed by atoms with Crippen LogP contribution in [0.25, 0.3) is 11.4 Å². The van der Waals surface area contributed by atoms with E-state index < -0.39 is 0 Å². The fourth-order valence-electron chi connectivity index (χ4n) is 3.66. The number of nitrogens with zero attached hydrogens (tertiary/aromatic N) is 3. The number of hydrogen-bond donors (Lipinski definition) is 1. The lowest BCUT2D eigenvalue weighted by Gasteiger charge is -2.30. The van der Waals surface area contributed by atoms with Crippen LogP contribution in [-0.4, -0.2) is 34.0 Å². The summed E-state index contributed by atoms with van der Waals surface area (Å²) in [6, 6.07) is 13.6. The molecule has 4 rings (SSSR count). The van der Waals surface area contributed by atoms with Crippen molar-refractivity contribution in [3.63, 3.8) is 0 Å². The second kappa shape index (κ2) is 8.98. The molecule has 156 valence electrons. The van der Waals surface area contributed by atoms with Gasteiger partial charge in [-0.05, 0) is 50.9 Å². The zero-order valence-electron chi connectivity index (χ0n) is 17.2. The number of halogens is 1. The fraction of sp³-hybridized carbons (Fsp3) is 0.348. The molecule has 7 heteroatoms. The van der Waals surface area contributed by atoms with Gasteiger partial charge in [0.05, 0.1) is 12.5 Å². The molecule has 1 aliphatic heterocycles. The number of aromatic nitrogens is 2. The molecule has 6 nitrogen and oxygen atoms in total. The first kappa shape index (κ1) is 20.6. The number of piperidine rings is 1. The Bertz CT molecular complexity index is 1030. The molecule has 2 aromatic carbocycles. The van der Waals surface area contributed by atoms with Crippen LogP contribution in [0.4, 0.5) is 5.69 Å². The summed E-state index contributed by atoms with van der Waals surface area (Å²) in [4.78, 5) is 19.5. The van der Waals surface area contributed by atoms with Gasteiger partial charge in [0.2, 0.25) is 17.6 Å². The minimum atomic E-state index is -0.0849. The third-order valence-electron chi connectivity index (χ3n) is 5.45. The molecule has 1 aromatic heterocycles. The van der Waals surface area contributed by atoms with E-state index in [4.69, 9.17) is 16.1 Å². The van der Waals surface area contributed by atoms with Gasteiger partial charge in [-0.1, -0.05) is 52.7 Å². The molecular formula is C23H25ClN4O2. The Morgan fingerprint density at radius 1 is 1.23 bits per heavy atom. The van der Waals surface area contributed by atoms with Crippen LogP contribution < -0.4 is 5.32 Å². The van der Waals surface area contributed by atoms with Crippen molar-refractivity contribution in [3.8, 4) is 11.4 Å². The van der Waals surface area contributed by atoms with E-state index in [0.717, 1.165) is 36.2 Å². The second-order valence-electron chi connectivity index (χ2n) is 7.91. The average Bonchev–Trinajstić information content (AvgIpc) is 3.20. The Kier molecular flexibility index (Phi) is 6.16. The highest BCUT2D eigenvalue weighted by atomic mass is 35.5. The van der Waals surface area contributed by atoms with Gasteiger partial charge < -0.3 is 9.84 Å². The van der Waals surface area contributed by atoms with E-state index in [0.29, 0.717) is 29.8 Å². The maximum absolute atomic E-state index is 12.7. The minimum absolute atomic E-state index is 0.0190. The van der Waals surface area contributed by atoms with Gasteiger partial charge >= 0.3 is 0 Å². The molecule has 1 fully saturated rings. The Hall–Kier alpha value is -2.70. The van der Waals surface area contributed by atoms with Crippen molar-refractivity contribution in [1.29, 1.82) is 0 Å². The summed E-state index contributed by atoms with van der Waals surface area (Å²) in [5.41, 5.74) is 3.84. The number of hydrogen-bond acceptors (Lipinski definition) is 5. The molecule has 1 atom stereocenters. The van der Waals surface area contributed by atoms with E-state index >= 15 is 0 Å². The van der Waals surface area contributed by atoms with Crippen molar-refractivity contribution in [2.24, 2.45) is 5.92 Å². The lowest BCUT2D eigenvalue weighted by Crippen LogP contribution is -2.40. The second-order valence-corrected chi connectivity index (χ2v) is 8.31. The monoisotopic (exact) mass is 424 g/mol. The van der Waals surface area contributed by atoms with Crippen molar-refractivity contribution in [3.05, 3.63) is 64.5 Å². The summed E-state index contributed by atoms with van der Waals surface area (Å²) in [6.07, 6.45) is 1.81. The topological polar surface area (TPSA) is 71.3 Å². The third-order valence-corrected chi connectivity index (χ3v) is 5.86. The Morgan fingerprint density at radius 2 is 2.03 bits per heavy atom. The van der Waals surface area contributed by atoms with E-state index in [-0.39, 0.29) is 11.8 Å². The van der Waals surface area contributed by atoms with Crippen molar-refractivity contribution < 1.29 is 9.32 Å². The zero-order chi connectivity index (χ0) is 21.1. The van der Waals surface area contributed by atoms with Gasteiger partial charge in [0.25, 0.3) is 0 Å². The number of carbonyl (C=O) groups is 1. The van der Waals surface area contributed by atoms with Crippen LogP contribution in [0.3, 0.4) is 0 Å². The average molecular weight is 425 g/mol. The summed E-state index contributed by atoms with van der Waals surface area (Å²) in [7, 11) is 0. The zero-order valence-corrected chi connectivity index (χ0v) is 17.9. The molecule has 30 heavy (non-hydrogen) atoms. The molecule has 1 aliphatic rings. The van der Waals surface area contributed by atoms with Crippen LogP contribution in [0.5, 0.6) is 0 Å². The largest absolute Gasteiger partial charge is 0.338 e. The number of benzene rings is 2. The molecule has 0 spiro atoms. The predicted molar refractivity (Wildman–Crippen MR) is 117 cm³/mol. The van der Waals surface area contributed by atoms with E-state index in [1.54, 1.807) is 6.07 Å². The summed E-state index contributed by atoms with van der Waals surface area (Å²) in [6.45, 7) is 6.09. The molecule has 0 aliphatic carbocycles. The van der Waals surface area contributed by atoms with Gasteiger partial charge in [-0.3, -0.25) is 9.69 Å². The number of likely N-dealkylation sites (tertiary alicyclic amines) is 1. The van der Waals surface area contributed by atoms with Crippen LogP contribution in [0.15, 0.2) is 47.0 Å². The molecule has 0 bridgehead atoms. The Morgan fingerprint density at radius 3 is 2.80 bits per heavy atom. The molecule has 0 saturated carbocycles. The highest BCUT2D eigenvalue weighted by molar-refractivity contribution is 6.31. The van der Waals surface area contributed by atoms with E-state index in [9.17, 15) is 4.79 Å². The number of amides is 1. The lowest BCUT2D eigenvalue weighted by molar-refractivity contribution is -0.121. The smallest absolute Gasteiger partial charge is 0.241 e. The van der Waals surface area contributed by atoms with Gasteiger partial charge in [0, 0.05) is 22.8 Å². The molecule has 1 N–H and O–H groups in total. The SMILES string of the molecule is Cc1ccc(-c2noc(CN3CCCC(C(=O)Nc4ccc(C)c(Cl)c4)C3)n2)cc1. The summed E-state index contributed by atoms with van der Waals surface area (Å²) in [5.74, 6) is 1.09. The number of carbonyl (C=O) groups excluding carboxylic acids is 1. The first-order chi connectivity index (χ1) is 14.5. The number of nitrogens with one attached hydrogen (secondary N) is 1. The van der Waals surface area contributed by atoms with Crippen LogP contribution in [0.1, 0.15) is 29.9 Å². The number of anilines is 1. The van der Waals surface area contributed by atoms with Crippen molar-refractivity contribution >= 4 is 23.2 Å². The molecule has 0 radical (unpaired) electrons. The summed E-state index contributed by atoms with van der Waals surface area (Å²) < 4.78 is 5.45. The third kappa shape index (κ3) is 4.89. The molecule has 2 heterocycles. The highest BCUT2D eigenvalue weighted by Gasteiger charge is 2.27. The molecule has 1 saturated heterocycles. The molecule has 3 aromatic rings. The number of aryl methyl sites for hydroxylation is 2. The minimum Gasteiger partial charge on any atom is -0.338 e. The molecular weight excluding hydrogens is 400 g/mol. The highest BCUT2D eigenvalue weighted by Crippen LogP contribution is 2.24. The van der Waals surface area contributed by atoms with Crippen LogP contribution in [-0.2, 0) is 11.3 Å². The van der Waals surface area contributed by atoms with E-state index in [1.165, 1.54) is 5.56 Å². The summed E-state index contributed by atoms with van der Waals surface area (Å²) >= 11 is 6.17. The predicted octanol–water partition coefficient (Wildman–Crippen LogP) is 4.86. The summed E-state index contributed by atoms with van der Waals surface area (Å²) in [5, 5.41) is 7.75. The maximum Gasteiger partial charge on any atom is 0.241 e. The first-order valence-electron chi connectivity index (χ1n) is 10.2. The fourth-order valence-corrected chi connectivity index (χ4v) is 3.84. The van der Waals surface area contributed by atoms with Gasteiger partial charge in [0.15, 0.2) is 0 Å². The number of rotatable bonds is 5. The van der Waals surface area contributed by atoms with Crippen molar-refractivity contribution in [2.75, 3.05) is 18.4 Å². The van der Waals surface area contributed by atoms with Crippen LogP contribution in [0.2, 0.25) is 5.02 Å². The Balaban J connectivity index is 1.36. The first-order valence-corrected chi connectivity index (χ1v) is 10.5. The van der Waals surface area contributed by atoms with E-state index in [2.05, 4.69) is 20.4 Å². The van der Waals surface area contributed by atoms with Crippen LogP contribution in [0, 0.1) is 19.8 Å². The molecule has 1 unspecified atom stereocenters. The van der Waals surface area contributed by atoms with Gasteiger partial charge in [0.1, 0.15) is 0 Å². The Labute approximate surface area is 181 Å². The maximum atomic E-state index is 12.7. The van der Waals surface area contributed by atoms with Crippen molar-refractivity contribution in [2.45, 2.75) is 33.2 Å². The van der Waals surface area contributed by atoms with Gasteiger partial charge in [-0.15, -0.1) is 0 Å².